The van der Waals surface area contributed by atoms with Crippen LogP contribution in [0.25, 0.3) is 0 Å². The normalized spacial score (nSPS) is 52.9. The Morgan fingerprint density at radius 2 is 0.778 bits per heavy atom. The van der Waals surface area contributed by atoms with Gasteiger partial charge >= 0.3 is 0 Å². The van der Waals surface area contributed by atoms with Crippen molar-refractivity contribution in [1.82, 2.24) is 0 Å². The van der Waals surface area contributed by atoms with E-state index in [1.54, 1.807) is 0 Å². The second-order valence-electron chi connectivity index (χ2n) is 11.2. The van der Waals surface area contributed by atoms with E-state index in [9.17, 15) is 71.5 Å². The summed E-state index contributed by atoms with van der Waals surface area (Å²) >= 11 is 0. The van der Waals surface area contributed by atoms with Gasteiger partial charge in [-0.05, 0) is 0 Å². The molecule has 0 aliphatic carbocycles. The highest BCUT2D eigenvalue weighted by Crippen LogP contribution is 2.32. The third-order valence-electron chi connectivity index (χ3n) is 8.19. The summed E-state index contributed by atoms with van der Waals surface area (Å²) in [6.07, 6.45) is -35.2. The molecule has 0 unspecified atom stereocenters. The zero-order valence-electron chi connectivity index (χ0n) is 23.5. The van der Waals surface area contributed by atoms with Crippen LogP contribution in [0.3, 0.4) is 0 Å². The molecule has 21 nitrogen and oxygen atoms in total. The van der Waals surface area contributed by atoms with Gasteiger partial charge in [0.05, 0.1) is 26.4 Å². The molecular weight excluding hydrogens is 624 g/mol. The summed E-state index contributed by atoms with van der Waals surface area (Å²) in [5, 5.41) is 142. The predicted molar refractivity (Wildman–Crippen MR) is 134 cm³/mol. The van der Waals surface area contributed by atoms with Crippen LogP contribution in [0.4, 0.5) is 0 Å². The van der Waals surface area contributed by atoms with E-state index in [1.165, 1.54) is 0 Å². The van der Waals surface area contributed by atoms with Crippen LogP contribution in [0.5, 0.6) is 0 Å². The van der Waals surface area contributed by atoms with Crippen molar-refractivity contribution in [3.05, 3.63) is 0 Å². The number of hydrogen-bond acceptors (Lipinski definition) is 21. The minimum atomic E-state index is -2.02. The minimum absolute atomic E-state index is 0.734. The Hall–Kier alpha value is -0.840. The summed E-state index contributed by atoms with van der Waals surface area (Å²) in [6, 6.07) is 0. The van der Waals surface area contributed by atoms with Crippen molar-refractivity contribution < 1.29 is 105 Å². The molecule has 0 aromatic rings. The summed E-state index contributed by atoms with van der Waals surface area (Å²) in [7, 11) is 0. The van der Waals surface area contributed by atoms with Gasteiger partial charge in [-0.2, -0.15) is 0 Å². The topological polar surface area (TPSA) is 348 Å². The number of aliphatic hydroxyl groups is 14. The average molecular weight is 667 g/mol. The second-order valence-corrected chi connectivity index (χ2v) is 11.2. The van der Waals surface area contributed by atoms with Crippen molar-refractivity contribution in [1.29, 1.82) is 0 Å². The SMILES string of the molecule is OC[C@H]1O[C@H](O[C@@H]2[C@H](O)[C@@H](OC[C@H]3O[C@H](O)[C@@H](O)[C@@H](O[C@H]4O[C@H](CO)[C@@H](O)[C@H](O)[C@@H]4O)[C@@H]3O)O[C@H](CO)[C@H]2O)[C@@H](O)[C@@H](O)[C@@H]1O. The first-order chi connectivity index (χ1) is 21.2. The van der Waals surface area contributed by atoms with Gasteiger partial charge in [-0.15, -0.1) is 0 Å². The zero-order chi connectivity index (χ0) is 33.3. The second kappa shape index (κ2) is 15.6. The summed E-state index contributed by atoms with van der Waals surface area (Å²) < 4.78 is 37.4. The molecule has 4 saturated heterocycles. The lowest BCUT2D eigenvalue weighted by Crippen LogP contribution is -2.66. The molecule has 4 heterocycles. The van der Waals surface area contributed by atoms with Gasteiger partial charge in [0.25, 0.3) is 0 Å². The van der Waals surface area contributed by atoms with Gasteiger partial charge in [-0.3, -0.25) is 0 Å². The van der Waals surface area contributed by atoms with Gasteiger partial charge in [0.2, 0.25) is 0 Å². The van der Waals surface area contributed by atoms with E-state index in [2.05, 4.69) is 0 Å². The van der Waals surface area contributed by atoms with Crippen molar-refractivity contribution in [2.75, 3.05) is 26.4 Å². The smallest absolute Gasteiger partial charge is 0.187 e. The maximum Gasteiger partial charge on any atom is 0.187 e. The van der Waals surface area contributed by atoms with Gasteiger partial charge in [-0.25, -0.2) is 0 Å². The Kier molecular flexibility index (Phi) is 12.8. The molecule has 20 atom stereocenters. The molecular formula is C24H42O21. The van der Waals surface area contributed by atoms with E-state index < -0.39 is 149 Å². The molecule has 0 saturated carbocycles. The molecule has 14 N–H and O–H groups in total. The Labute approximate surface area is 254 Å². The van der Waals surface area contributed by atoms with E-state index in [4.69, 9.17) is 33.2 Å². The maximum absolute atomic E-state index is 10.9. The van der Waals surface area contributed by atoms with E-state index in [1.807, 2.05) is 0 Å². The molecule has 264 valence electrons. The van der Waals surface area contributed by atoms with Crippen LogP contribution in [-0.4, -0.2) is 221 Å². The van der Waals surface area contributed by atoms with Gasteiger partial charge in [0, 0.05) is 0 Å². The lowest BCUT2D eigenvalue weighted by atomic mass is 9.96. The van der Waals surface area contributed by atoms with Crippen LogP contribution in [0.1, 0.15) is 0 Å². The molecule has 0 radical (unpaired) electrons. The monoisotopic (exact) mass is 666 g/mol. The highest BCUT2D eigenvalue weighted by Gasteiger charge is 2.53. The highest BCUT2D eigenvalue weighted by molar-refractivity contribution is 4.96. The lowest BCUT2D eigenvalue weighted by molar-refractivity contribution is -0.371. The number of hydrogen-bond donors (Lipinski definition) is 14. The Morgan fingerprint density at radius 1 is 0.378 bits per heavy atom. The van der Waals surface area contributed by atoms with Crippen LogP contribution in [0.15, 0.2) is 0 Å². The first kappa shape index (κ1) is 37.0. The number of ether oxygens (including phenoxy) is 7. The van der Waals surface area contributed by atoms with E-state index in [0.29, 0.717) is 0 Å². The first-order valence-electron chi connectivity index (χ1n) is 14.1. The molecule has 4 rings (SSSR count). The molecule has 0 spiro atoms. The van der Waals surface area contributed by atoms with Crippen molar-refractivity contribution in [3.63, 3.8) is 0 Å². The third-order valence-corrected chi connectivity index (χ3v) is 8.19. The third kappa shape index (κ3) is 7.59. The molecule has 0 amide bonds. The summed E-state index contributed by atoms with van der Waals surface area (Å²) in [5.74, 6) is 0. The van der Waals surface area contributed by atoms with Crippen LogP contribution >= 0.6 is 0 Å². The maximum atomic E-state index is 10.9. The van der Waals surface area contributed by atoms with Gasteiger partial charge < -0.3 is 105 Å². The molecule has 0 aromatic carbocycles. The zero-order valence-corrected chi connectivity index (χ0v) is 23.5. The molecule has 4 aliphatic rings. The van der Waals surface area contributed by atoms with E-state index >= 15 is 0 Å². The van der Waals surface area contributed by atoms with Gasteiger partial charge in [0.15, 0.2) is 25.2 Å². The van der Waals surface area contributed by atoms with Crippen LogP contribution in [0, 0.1) is 0 Å². The molecule has 45 heavy (non-hydrogen) atoms. The molecule has 0 aromatic heterocycles. The summed E-state index contributed by atoms with van der Waals surface area (Å²) in [6.45, 7) is -3.16. The van der Waals surface area contributed by atoms with Crippen molar-refractivity contribution in [3.8, 4) is 0 Å². The Bertz CT molecular complexity index is 914. The fourth-order valence-electron chi connectivity index (χ4n) is 5.43. The minimum Gasteiger partial charge on any atom is -0.394 e. The molecule has 21 heteroatoms. The molecule has 4 fully saturated rings. The lowest BCUT2D eigenvalue weighted by Gasteiger charge is -2.47. The summed E-state index contributed by atoms with van der Waals surface area (Å²) in [4.78, 5) is 0. The Balaban J connectivity index is 1.43. The summed E-state index contributed by atoms with van der Waals surface area (Å²) in [5.41, 5.74) is 0. The molecule has 0 bridgehead atoms. The van der Waals surface area contributed by atoms with Crippen LogP contribution < -0.4 is 0 Å². The number of aliphatic hydroxyl groups excluding tert-OH is 14. The van der Waals surface area contributed by atoms with Gasteiger partial charge in [-0.1, -0.05) is 0 Å². The fourth-order valence-corrected chi connectivity index (χ4v) is 5.43. The van der Waals surface area contributed by atoms with Crippen molar-refractivity contribution >= 4 is 0 Å². The Morgan fingerprint density at radius 3 is 1.24 bits per heavy atom. The van der Waals surface area contributed by atoms with E-state index in [-0.39, 0.29) is 0 Å². The fraction of sp³-hybridized carbons (Fsp3) is 1.00. The van der Waals surface area contributed by atoms with Crippen molar-refractivity contribution in [2.24, 2.45) is 0 Å². The quantitative estimate of drug-likeness (QED) is 0.103. The van der Waals surface area contributed by atoms with Crippen LogP contribution in [0.2, 0.25) is 0 Å². The standard InChI is InChI=1S/C24H42O21/c25-1-5-9(28)13(32)15(34)23(42-5)44-19-12(31)8(40-21(38)17(19)36)4-39-22-18(37)20(11(30)7(3-27)41-22)45-24-16(35)14(33)10(29)6(2-26)43-24/h5-38H,1-4H2/t5-,6-,7-,8-,9-,10-,11-,12-,13+,14+,15+,16+,17+,18+,19+,20+,21+,22+,23-,24-/m1/s1. The predicted octanol–water partition coefficient (Wildman–Crippen LogP) is -9.75. The van der Waals surface area contributed by atoms with Crippen LogP contribution in [-0.2, 0) is 33.2 Å². The highest BCUT2D eigenvalue weighted by atomic mass is 16.8. The first-order valence-corrected chi connectivity index (χ1v) is 14.1. The van der Waals surface area contributed by atoms with Gasteiger partial charge in [0.1, 0.15) is 97.7 Å². The van der Waals surface area contributed by atoms with Crippen molar-refractivity contribution in [2.45, 2.75) is 123 Å². The number of rotatable bonds is 10. The van der Waals surface area contributed by atoms with E-state index in [0.717, 1.165) is 0 Å². The average Bonchev–Trinajstić information content (AvgIpc) is 3.02. The largest absolute Gasteiger partial charge is 0.394 e. The molecule has 4 aliphatic heterocycles.